The number of carbonyl (C=O) groups is 4. The van der Waals surface area contributed by atoms with E-state index in [4.69, 9.17) is 9.47 Å². The van der Waals surface area contributed by atoms with Crippen molar-refractivity contribution in [3.8, 4) is 0 Å². The van der Waals surface area contributed by atoms with E-state index < -0.39 is 17.2 Å². The molecule has 3 rings (SSSR count). The minimum atomic E-state index is -0.605. The van der Waals surface area contributed by atoms with Gasteiger partial charge in [-0.1, -0.05) is 11.8 Å². The first-order valence-corrected chi connectivity index (χ1v) is 12.1. The maximum Gasteiger partial charge on any atom is 0.338 e. The summed E-state index contributed by atoms with van der Waals surface area (Å²) < 4.78 is 9.93. The molecule has 184 valence electrons. The van der Waals surface area contributed by atoms with Crippen LogP contribution in [0.25, 0.3) is 0 Å². The second kappa shape index (κ2) is 12.2. The lowest BCUT2D eigenvalue weighted by atomic mass is 10.2. The molecule has 1 heterocycles. The molecule has 1 aliphatic rings. The van der Waals surface area contributed by atoms with Gasteiger partial charge in [-0.3, -0.25) is 14.5 Å². The summed E-state index contributed by atoms with van der Waals surface area (Å²) in [7, 11) is 0. The summed E-state index contributed by atoms with van der Waals surface area (Å²) in [5.41, 5.74) is 1.91. The van der Waals surface area contributed by atoms with Crippen LogP contribution in [0.2, 0.25) is 0 Å². The molecule has 1 aliphatic heterocycles. The second-order valence-electron chi connectivity index (χ2n) is 7.40. The summed E-state index contributed by atoms with van der Waals surface area (Å²) in [6, 6.07) is 13.0. The Morgan fingerprint density at radius 3 is 1.97 bits per heavy atom. The third-order valence-corrected chi connectivity index (χ3v) is 6.17. The van der Waals surface area contributed by atoms with Crippen molar-refractivity contribution in [2.75, 3.05) is 25.1 Å². The molecule has 1 unspecified atom stereocenters. The first kappa shape index (κ1) is 26.0. The Kier molecular flexibility index (Phi) is 9.02. The van der Waals surface area contributed by atoms with Crippen molar-refractivity contribution < 1.29 is 28.7 Å². The van der Waals surface area contributed by atoms with E-state index in [0.29, 0.717) is 40.8 Å². The van der Waals surface area contributed by atoms with Crippen LogP contribution in [-0.2, 0) is 19.1 Å². The molecule has 0 aliphatic carbocycles. The van der Waals surface area contributed by atoms with E-state index in [1.54, 1.807) is 62.4 Å². The Morgan fingerprint density at radius 2 is 1.46 bits per heavy atom. The zero-order valence-electron chi connectivity index (χ0n) is 19.8. The Morgan fingerprint density at radius 1 is 0.914 bits per heavy atom. The molecule has 35 heavy (non-hydrogen) atoms. The third-order valence-electron chi connectivity index (χ3n) is 4.99. The number of anilines is 1. The number of nitrogens with one attached hydrogen (secondary N) is 1. The predicted octanol–water partition coefficient (Wildman–Crippen LogP) is 4.02. The van der Waals surface area contributed by atoms with Crippen LogP contribution in [0.4, 0.5) is 11.4 Å². The summed E-state index contributed by atoms with van der Waals surface area (Å²) in [5.74, 6) is -1.35. The highest BCUT2D eigenvalue weighted by molar-refractivity contribution is 8.15. The Bertz CT molecular complexity index is 1120. The van der Waals surface area contributed by atoms with Gasteiger partial charge in [0.1, 0.15) is 5.25 Å². The molecular weight excluding hydrogens is 470 g/mol. The number of esters is 2. The summed E-state index contributed by atoms with van der Waals surface area (Å²) in [4.78, 5) is 55.1. The van der Waals surface area contributed by atoms with Crippen LogP contribution in [0.15, 0.2) is 53.5 Å². The molecule has 1 saturated heterocycles. The van der Waals surface area contributed by atoms with Crippen molar-refractivity contribution in [1.82, 2.24) is 4.90 Å². The van der Waals surface area contributed by atoms with E-state index in [-0.39, 0.29) is 24.8 Å². The molecule has 2 aromatic carbocycles. The van der Waals surface area contributed by atoms with Gasteiger partial charge in [0, 0.05) is 18.7 Å². The lowest BCUT2D eigenvalue weighted by molar-refractivity contribution is -0.128. The lowest BCUT2D eigenvalue weighted by Crippen LogP contribution is -2.33. The molecule has 9 nitrogen and oxygen atoms in total. The van der Waals surface area contributed by atoms with Gasteiger partial charge in [0.15, 0.2) is 5.17 Å². The normalized spacial score (nSPS) is 16.3. The van der Waals surface area contributed by atoms with Crippen LogP contribution >= 0.6 is 11.8 Å². The van der Waals surface area contributed by atoms with Crippen LogP contribution in [-0.4, -0.2) is 58.8 Å². The number of amides is 2. The van der Waals surface area contributed by atoms with Gasteiger partial charge in [-0.25, -0.2) is 14.6 Å². The Labute approximate surface area is 207 Å². The summed E-state index contributed by atoms with van der Waals surface area (Å²) in [6.07, 6.45) is -0.0273. The van der Waals surface area contributed by atoms with Gasteiger partial charge in [-0.05, 0) is 69.3 Å². The van der Waals surface area contributed by atoms with E-state index in [1.807, 2.05) is 6.92 Å². The predicted molar refractivity (Wildman–Crippen MR) is 134 cm³/mol. The number of benzene rings is 2. The number of rotatable bonds is 9. The quantitative estimate of drug-likeness (QED) is 0.521. The van der Waals surface area contributed by atoms with E-state index >= 15 is 0 Å². The average Bonchev–Trinajstić information content (AvgIpc) is 3.13. The second-order valence-corrected chi connectivity index (χ2v) is 8.57. The van der Waals surface area contributed by atoms with Crippen molar-refractivity contribution in [2.45, 2.75) is 32.4 Å². The number of aliphatic imine (C=N–C) groups is 1. The topological polar surface area (TPSA) is 114 Å². The minimum Gasteiger partial charge on any atom is -0.462 e. The zero-order chi connectivity index (χ0) is 25.4. The van der Waals surface area contributed by atoms with Crippen LogP contribution in [0.3, 0.4) is 0 Å². The molecule has 0 radical (unpaired) electrons. The van der Waals surface area contributed by atoms with E-state index in [0.717, 1.165) is 0 Å². The van der Waals surface area contributed by atoms with E-state index in [2.05, 4.69) is 10.3 Å². The van der Waals surface area contributed by atoms with E-state index in [1.165, 1.54) is 16.7 Å². The zero-order valence-corrected chi connectivity index (χ0v) is 20.6. The number of hydrogen-bond donors (Lipinski definition) is 1. The highest BCUT2D eigenvalue weighted by Gasteiger charge is 2.38. The average molecular weight is 498 g/mol. The largest absolute Gasteiger partial charge is 0.462 e. The summed E-state index contributed by atoms with van der Waals surface area (Å²) in [6.45, 7) is 6.30. The van der Waals surface area contributed by atoms with Crippen LogP contribution in [0.1, 0.15) is 47.9 Å². The molecule has 1 atom stereocenters. The molecular formula is C25H27N3O6S. The smallest absolute Gasteiger partial charge is 0.338 e. The van der Waals surface area contributed by atoms with Gasteiger partial charge in [0.05, 0.1) is 30.0 Å². The van der Waals surface area contributed by atoms with Crippen LogP contribution < -0.4 is 5.32 Å². The molecule has 10 heteroatoms. The number of amidine groups is 1. The van der Waals surface area contributed by atoms with Gasteiger partial charge >= 0.3 is 11.9 Å². The summed E-state index contributed by atoms with van der Waals surface area (Å²) in [5, 5.41) is 2.65. The van der Waals surface area contributed by atoms with Crippen molar-refractivity contribution in [3.63, 3.8) is 0 Å². The number of nitrogens with zero attached hydrogens (tertiary/aromatic N) is 2. The first-order valence-electron chi connectivity index (χ1n) is 11.3. The fraction of sp³-hybridized carbons (Fsp3) is 0.320. The van der Waals surface area contributed by atoms with Gasteiger partial charge in [-0.2, -0.15) is 0 Å². The van der Waals surface area contributed by atoms with Gasteiger partial charge in [-0.15, -0.1) is 0 Å². The molecule has 0 bridgehead atoms. The fourth-order valence-corrected chi connectivity index (χ4v) is 4.52. The molecule has 0 saturated carbocycles. The van der Waals surface area contributed by atoms with Gasteiger partial charge in [0.25, 0.3) is 0 Å². The molecule has 0 aromatic heterocycles. The number of ether oxygens (including phenoxy) is 2. The van der Waals surface area contributed by atoms with Gasteiger partial charge < -0.3 is 14.8 Å². The van der Waals surface area contributed by atoms with Crippen LogP contribution in [0.5, 0.6) is 0 Å². The molecule has 2 aromatic rings. The van der Waals surface area contributed by atoms with Crippen molar-refractivity contribution in [2.24, 2.45) is 4.99 Å². The molecule has 1 fully saturated rings. The summed E-state index contributed by atoms with van der Waals surface area (Å²) >= 11 is 1.23. The van der Waals surface area contributed by atoms with E-state index in [9.17, 15) is 19.2 Å². The monoisotopic (exact) mass is 497 g/mol. The van der Waals surface area contributed by atoms with Crippen molar-refractivity contribution >= 4 is 52.1 Å². The first-order chi connectivity index (χ1) is 16.9. The maximum atomic E-state index is 12.9. The highest BCUT2D eigenvalue weighted by atomic mass is 32.2. The van der Waals surface area contributed by atoms with Crippen LogP contribution in [0, 0.1) is 0 Å². The number of hydrogen-bond acceptors (Lipinski definition) is 8. The fourth-order valence-electron chi connectivity index (χ4n) is 3.30. The Balaban J connectivity index is 1.64. The number of thioether (sulfide) groups is 1. The van der Waals surface area contributed by atoms with Gasteiger partial charge in [0.2, 0.25) is 11.8 Å². The lowest BCUT2D eigenvalue weighted by Gasteiger charge is -2.13. The highest BCUT2D eigenvalue weighted by Crippen LogP contribution is 2.31. The maximum absolute atomic E-state index is 12.9. The van der Waals surface area contributed by atoms with Crippen molar-refractivity contribution in [1.29, 1.82) is 0 Å². The third kappa shape index (κ3) is 6.69. The molecule has 1 N–H and O–H groups in total. The Hall–Kier alpha value is -3.66. The van der Waals surface area contributed by atoms with Crippen molar-refractivity contribution in [3.05, 3.63) is 59.7 Å². The SMILES string of the molecule is CCOC(=O)c1ccc(N=C2SC(CC(=O)Nc3ccc(C(=O)OCC)cc3)C(=O)N2CC)cc1. The number of carbonyl (C=O) groups excluding carboxylic acids is 4. The molecule has 2 amide bonds. The minimum absolute atomic E-state index is 0.0273. The standard InChI is InChI=1S/C25H27N3O6S/c1-4-28-22(30)20(15-21(29)26-18-11-7-16(8-12-18)23(31)33-5-2)35-25(28)27-19-13-9-17(10-14-19)24(32)34-6-3/h7-14,20H,4-6,15H2,1-3H3,(H,26,29). The molecule has 0 spiro atoms.